The van der Waals surface area contributed by atoms with Crippen LogP contribution in [0.15, 0.2) is 27.4 Å². The molecule has 0 aromatic carbocycles. The Morgan fingerprint density at radius 1 is 1.58 bits per heavy atom. The average molecular weight is 328 g/mol. The Kier molecular flexibility index (Phi) is 4.33. The molecule has 2 aromatic heterocycles. The number of halogens is 1. The zero-order chi connectivity index (χ0) is 13.8. The molecule has 2 aromatic rings. The van der Waals surface area contributed by atoms with Gasteiger partial charge in [0.15, 0.2) is 4.67 Å². The molecule has 0 atom stereocenters. The van der Waals surface area contributed by atoms with Crippen LogP contribution < -0.4 is 5.73 Å². The predicted molar refractivity (Wildman–Crippen MR) is 70.8 cm³/mol. The van der Waals surface area contributed by atoms with Gasteiger partial charge >= 0.3 is 0 Å². The van der Waals surface area contributed by atoms with E-state index < -0.39 is 0 Å². The monoisotopic (exact) mass is 327 g/mol. The van der Waals surface area contributed by atoms with Crippen molar-refractivity contribution in [3.63, 3.8) is 0 Å². The number of rotatable bonds is 5. The van der Waals surface area contributed by atoms with Crippen molar-refractivity contribution in [2.24, 2.45) is 5.73 Å². The molecule has 0 fully saturated rings. The number of furan rings is 1. The summed E-state index contributed by atoms with van der Waals surface area (Å²) in [7, 11) is 1.71. The molecule has 0 unspecified atom stereocenters. The highest BCUT2D eigenvalue weighted by Crippen LogP contribution is 2.15. The topological polar surface area (TPSA) is 90.2 Å². The summed E-state index contributed by atoms with van der Waals surface area (Å²) in [5, 5.41) is 7.66. The number of aromatic nitrogens is 3. The van der Waals surface area contributed by atoms with Crippen molar-refractivity contribution in [1.29, 1.82) is 0 Å². The van der Waals surface area contributed by atoms with Crippen LogP contribution in [0.1, 0.15) is 11.5 Å². The zero-order valence-corrected chi connectivity index (χ0v) is 12.0. The normalized spacial score (nSPS) is 10.7. The van der Waals surface area contributed by atoms with Crippen molar-refractivity contribution in [2.45, 2.75) is 19.6 Å². The fraction of sp³-hybridized carbons (Fsp3) is 0.364. The van der Waals surface area contributed by atoms with Gasteiger partial charge in [-0.15, -0.1) is 5.10 Å². The highest BCUT2D eigenvalue weighted by Gasteiger charge is 2.13. The fourth-order valence-electron chi connectivity index (χ4n) is 1.53. The van der Waals surface area contributed by atoms with Gasteiger partial charge in [-0.1, -0.05) is 5.21 Å². The lowest BCUT2D eigenvalue weighted by Gasteiger charge is -2.15. The number of hydrogen-bond acceptors (Lipinski definition) is 5. The second-order valence-corrected chi connectivity index (χ2v) is 4.85. The van der Waals surface area contributed by atoms with E-state index in [4.69, 9.17) is 10.2 Å². The van der Waals surface area contributed by atoms with Crippen LogP contribution in [-0.2, 0) is 24.4 Å². The van der Waals surface area contributed by atoms with E-state index in [0.29, 0.717) is 29.2 Å². The number of carbonyl (C=O) groups is 1. The third-order valence-electron chi connectivity index (χ3n) is 2.54. The quantitative estimate of drug-likeness (QED) is 0.875. The first kappa shape index (κ1) is 13.8. The van der Waals surface area contributed by atoms with Gasteiger partial charge in [-0.25, -0.2) is 4.68 Å². The maximum absolute atomic E-state index is 12.0. The van der Waals surface area contributed by atoms with Crippen LogP contribution in [-0.4, -0.2) is 32.8 Å². The Labute approximate surface area is 118 Å². The van der Waals surface area contributed by atoms with Gasteiger partial charge < -0.3 is 15.1 Å². The fourth-order valence-corrected chi connectivity index (χ4v) is 1.87. The Bertz CT molecular complexity index is 565. The van der Waals surface area contributed by atoms with E-state index >= 15 is 0 Å². The molecule has 2 N–H and O–H groups in total. The van der Waals surface area contributed by atoms with Gasteiger partial charge in [0, 0.05) is 13.6 Å². The smallest absolute Gasteiger partial charge is 0.244 e. The Morgan fingerprint density at radius 2 is 2.37 bits per heavy atom. The summed E-state index contributed by atoms with van der Waals surface area (Å²) in [6.07, 6.45) is 1.66. The van der Waals surface area contributed by atoms with Crippen molar-refractivity contribution < 1.29 is 9.21 Å². The van der Waals surface area contributed by atoms with Gasteiger partial charge in [-0.05, 0) is 28.1 Å². The van der Waals surface area contributed by atoms with Crippen LogP contribution >= 0.6 is 15.9 Å². The highest BCUT2D eigenvalue weighted by atomic mass is 79.9. The zero-order valence-electron chi connectivity index (χ0n) is 10.4. The van der Waals surface area contributed by atoms with Gasteiger partial charge in [-0.2, -0.15) is 0 Å². The van der Waals surface area contributed by atoms with Crippen molar-refractivity contribution in [3.8, 4) is 0 Å². The minimum Gasteiger partial charge on any atom is -0.452 e. The molecule has 0 saturated heterocycles. The third-order valence-corrected chi connectivity index (χ3v) is 2.97. The first-order valence-electron chi connectivity index (χ1n) is 5.65. The minimum atomic E-state index is -0.0824. The second-order valence-electron chi connectivity index (χ2n) is 4.07. The SMILES string of the molecule is CN(Cc1ccc(Br)o1)C(=O)Cn1cc(CN)nn1. The third kappa shape index (κ3) is 3.65. The van der Waals surface area contributed by atoms with Gasteiger partial charge in [0.1, 0.15) is 12.3 Å². The second kappa shape index (κ2) is 5.98. The summed E-state index contributed by atoms with van der Waals surface area (Å²) in [6, 6.07) is 3.61. The van der Waals surface area contributed by atoms with Crippen molar-refractivity contribution in [2.75, 3.05) is 7.05 Å². The number of nitrogens with zero attached hydrogens (tertiary/aromatic N) is 4. The molecule has 2 rings (SSSR count). The number of likely N-dealkylation sites (N-methyl/N-ethyl adjacent to an activating group) is 1. The molecule has 102 valence electrons. The lowest BCUT2D eigenvalue weighted by atomic mass is 10.4. The van der Waals surface area contributed by atoms with Crippen molar-refractivity contribution >= 4 is 21.8 Å². The molecule has 19 heavy (non-hydrogen) atoms. The van der Waals surface area contributed by atoms with E-state index in [1.807, 2.05) is 6.07 Å². The molecule has 0 radical (unpaired) electrons. The Hall–Kier alpha value is -1.67. The van der Waals surface area contributed by atoms with E-state index in [-0.39, 0.29) is 12.5 Å². The van der Waals surface area contributed by atoms with Crippen LogP contribution in [0.4, 0.5) is 0 Å². The average Bonchev–Trinajstić information content (AvgIpc) is 2.98. The number of amides is 1. The molecule has 0 saturated carbocycles. The van der Waals surface area contributed by atoms with Gasteiger partial charge in [-0.3, -0.25) is 4.79 Å². The standard InChI is InChI=1S/C11H14BrN5O2/c1-16(6-9-2-3-10(12)19-9)11(18)7-17-5-8(4-13)14-15-17/h2-3,5H,4,6-7,13H2,1H3. The number of hydrogen-bond donors (Lipinski definition) is 1. The largest absolute Gasteiger partial charge is 0.452 e. The first-order chi connectivity index (χ1) is 9.08. The molecule has 2 heterocycles. The van der Waals surface area contributed by atoms with Crippen molar-refractivity contribution in [1.82, 2.24) is 19.9 Å². The molecule has 1 amide bonds. The lowest BCUT2D eigenvalue weighted by molar-refractivity contribution is -0.131. The molecule has 8 heteroatoms. The summed E-state index contributed by atoms with van der Waals surface area (Å²) in [5.41, 5.74) is 6.09. The van der Waals surface area contributed by atoms with Crippen LogP contribution in [0.2, 0.25) is 0 Å². The van der Waals surface area contributed by atoms with E-state index in [1.165, 1.54) is 4.68 Å². The summed E-state index contributed by atoms with van der Waals surface area (Å²) in [5.74, 6) is 0.630. The molecular weight excluding hydrogens is 314 g/mol. The summed E-state index contributed by atoms with van der Waals surface area (Å²) < 4.78 is 7.46. The summed E-state index contributed by atoms with van der Waals surface area (Å²) in [4.78, 5) is 13.5. The predicted octanol–water partition coefficient (Wildman–Crippen LogP) is 0.751. The molecule has 0 bridgehead atoms. The summed E-state index contributed by atoms with van der Waals surface area (Å²) >= 11 is 3.22. The molecular formula is C11H14BrN5O2. The maximum Gasteiger partial charge on any atom is 0.244 e. The van der Waals surface area contributed by atoms with E-state index in [1.54, 1.807) is 24.2 Å². The number of nitrogens with two attached hydrogens (primary N) is 1. The number of carbonyl (C=O) groups excluding carboxylic acids is 1. The van der Waals surface area contributed by atoms with E-state index in [2.05, 4.69) is 26.2 Å². The Morgan fingerprint density at radius 3 is 2.95 bits per heavy atom. The molecule has 0 spiro atoms. The van der Waals surface area contributed by atoms with Gasteiger partial charge in [0.25, 0.3) is 0 Å². The van der Waals surface area contributed by atoms with Crippen LogP contribution in [0.3, 0.4) is 0 Å². The maximum atomic E-state index is 12.0. The van der Waals surface area contributed by atoms with E-state index in [9.17, 15) is 4.79 Å². The molecule has 0 aliphatic heterocycles. The van der Waals surface area contributed by atoms with Crippen molar-refractivity contribution in [3.05, 3.63) is 34.5 Å². The molecule has 0 aliphatic carbocycles. The van der Waals surface area contributed by atoms with Crippen LogP contribution in [0.5, 0.6) is 0 Å². The Balaban J connectivity index is 1.91. The van der Waals surface area contributed by atoms with Crippen LogP contribution in [0.25, 0.3) is 0 Å². The van der Waals surface area contributed by atoms with Gasteiger partial charge in [0.2, 0.25) is 5.91 Å². The first-order valence-corrected chi connectivity index (χ1v) is 6.45. The van der Waals surface area contributed by atoms with E-state index in [0.717, 1.165) is 0 Å². The highest BCUT2D eigenvalue weighted by molar-refractivity contribution is 9.10. The minimum absolute atomic E-state index is 0.0824. The van der Waals surface area contributed by atoms with Gasteiger partial charge in [0.05, 0.1) is 18.4 Å². The lowest BCUT2D eigenvalue weighted by Crippen LogP contribution is -2.29. The summed E-state index contributed by atoms with van der Waals surface area (Å²) in [6.45, 7) is 0.846. The molecule has 0 aliphatic rings. The molecule has 7 nitrogen and oxygen atoms in total. The van der Waals surface area contributed by atoms with Crippen LogP contribution in [0, 0.1) is 0 Å².